The van der Waals surface area contributed by atoms with Gasteiger partial charge in [-0.15, -0.1) is 0 Å². The molecular formula is C11H9ClN2O2S. The van der Waals surface area contributed by atoms with Gasteiger partial charge in [0.2, 0.25) is 0 Å². The molecule has 0 aliphatic heterocycles. The maximum Gasteiger partial charge on any atom is 0.279 e. The van der Waals surface area contributed by atoms with Gasteiger partial charge in [-0.3, -0.25) is 0 Å². The zero-order chi connectivity index (χ0) is 12.3. The average molecular weight is 269 g/mol. The van der Waals surface area contributed by atoms with Crippen molar-refractivity contribution in [3.63, 3.8) is 0 Å². The van der Waals surface area contributed by atoms with E-state index < -0.39 is 10.0 Å². The van der Waals surface area contributed by atoms with Crippen molar-refractivity contribution < 1.29 is 8.42 Å². The summed E-state index contributed by atoms with van der Waals surface area (Å²) in [6, 6.07) is 12.8. The molecule has 88 valence electrons. The van der Waals surface area contributed by atoms with E-state index in [-0.39, 0.29) is 10.7 Å². The second-order valence-electron chi connectivity index (χ2n) is 3.22. The molecule has 2 rings (SSSR count). The lowest BCUT2D eigenvalue weighted by Crippen LogP contribution is -2.21. The van der Waals surface area contributed by atoms with Crippen LogP contribution in [0.3, 0.4) is 0 Å². The highest BCUT2D eigenvalue weighted by atomic mass is 35.5. The third kappa shape index (κ3) is 2.40. The van der Waals surface area contributed by atoms with E-state index >= 15 is 0 Å². The van der Waals surface area contributed by atoms with E-state index in [1.54, 1.807) is 30.3 Å². The number of nitrogens with zero attached hydrogens (tertiary/aromatic N) is 2. The number of rotatable bonds is 3. The predicted octanol–water partition coefficient (Wildman–Crippen LogP) is 2.43. The topological polar surface area (TPSA) is 50.3 Å². The quantitative estimate of drug-likeness (QED) is 0.804. The van der Waals surface area contributed by atoms with Gasteiger partial charge in [-0.2, -0.15) is 12.2 Å². The Hall–Kier alpha value is -1.59. The van der Waals surface area contributed by atoms with Crippen molar-refractivity contribution in [2.75, 3.05) is 3.82 Å². The average Bonchev–Trinajstić information content (AvgIpc) is 2.40. The molecule has 0 fully saturated rings. The van der Waals surface area contributed by atoms with Crippen LogP contribution >= 0.6 is 11.8 Å². The van der Waals surface area contributed by atoms with E-state index in [4.69, 9.17) is 11.8 Å². The van der Waals surface area contributed by atoms with Crippen LogP contribution in [0.5, 0.6) is 0 Å². The summed E-state index contributed by atoms with van der Waals surface area (Å²) in [7, 11) is -3.76. The molecule has 1 aromatic carbocycles. The maximum absolute atomic E-state index is 12.1. The summed E-state index contributed by atoms with van der Waals surface area (Å²) in [4.78, 5) is 4.01. The fraction of sp³-hybridized carbons (Fsp3) is 0. The molecule has 1 aromatic heterocycles. The van der Waals surface area contributed by atoms with Crippen molar-refractivity contribution >= 4 is 27.6 Å². The zero-order valence-electron chi connectivity index (χ0n) is 8.69. The first-order valence-corrected chi connectivity index (χ1v) is 6.57. The first-order valence-electron chi connectivity index (χ1n) is 4.79. The Morgan fingerprint density at radius 2 is 1.65 bits per heavy atom. The molecule has 2 aromatic rings. The maximum atomic E-state index is 12.1. The van der Waals surface area contributed by atoms with Crippen molar-refractivity contribution in [2.24, 2.45) is 0 Å². The lowest BCUT2D eigenvalue weighted by atomic mass is 10.4. The van der Waals surface area contributed by atoms with Crippen molar-refractivity contribution in [2.45, 2.75) is 4.90 Å². The number of pyridine rings is 1. The number of halogens is 1. The fourth-order valence-electron chi connectivity index (χ4n) is 1.27. The Morgan fingerprint density at radius 1 is 1.00 bits per heavy atom. The summed E-state index contributed by atoms with van der Waals surface area (Å²) in [5.41, 5.74) is 0. The van der Waals surface area contributed by atoms with E-state index in [1.807, 2.05) is 0 Å². The molecule has 0 aliphatic rings. The Labute approximate surface area is 105 Å². The Kier molecular flexibility index (Phi) is 3.31. The number of benzene rings is 1. The number of hydrogen-bond donors (Lipinski definition) is 0. The van der Waals surface area contributed by atoms with E-state index in [0.717, 1.165) is 0 Å². The Balaban J connectivity index is 2.41. The largest absolute Gasteiger partial charge is 0.279 e. The molecule has 0 unspecified atom stereocenters. The summed E-state index contributed by atoms with van der Waals surface area (Å²) in [6.45, 7) is 0. The van der Waals surface area contributed by atoms with Gasteiger partial charge in [0.25, 0.3) is 10.0 Å². The lowest BCUT2D eigenvalue weighted by Gasteiger charge is -2.14. The molecule has 0 atom stereocenters. The van der Waals surface area contributed by atoms with E-state index in [2.05, 4.69) is 4.98 Å². The molecule has 0 saturated carbocycles. The monoisotopic (exact) mass is 268 g/mol. The van der Waals surface area contributed by atoms with E-state index in [0.29, 0.717) is 3.82 Å². The van der Waals surface area contributed by atoms with Crippen molar-refractivity contribution in [1.29, 1.82) is 0 Å². The SMILES string of the molecule is O=S(=O)(c1ccccc1)N(Cl)c1ccccn1. The van der Waals surface area contributed by atoms with Gasteiger partial charge in [-0.1, -0.05) is 24.3 Å². The first kappa shape index (κ1) is 11.9. The summed E-state index contributed by atoms with van der Waals surface area (Å²) >= 11 is 5.82. The highest BCUT2D eigenvalue weighted by Crippen LogP contribution is 2.23. The van der Waals surface area contributed by atoms with Gasteiger partial charge in [0.1, 0.15) is 0 Å². The van der Waals surface area contributed by atoms with Gasteiger partial charge < -0.3 is 0 Å². The van der Waals surface area contributed by atoms with Crippen molar-refractivity contribution in [3.05, 3.63) is 54.7 Å². The molecule has 6 heteroatoms. The van der Waals surface area contributed by atoms with Crippen LogP contribution in [0.25, 0.3) is 0 Å². The van der Waals surface area contributed by atoms with Gasteiger partial charge in [0.15, 0.2) is 5.82 Å². The van der Waals surface area contributed by atoms with Crippen LogP contribution in [0.15, 0.2) is 59.6 Å². The van der Waals surface area contributed by atoms with Crippen LogP contribution in [0.2, 0.25) is 0 Å². The summed E-state index contributed by atoms with van der Waals surface area (Å²) < 4.78 is 24.8. The molecule has 1 heterocycles. The van der Waals surface area contributed by atoms with Crippen LogP contribution in [0, 0.1) is 0 Å². The summed E-state index contributed by atoms with van der Waals surface area (Å²) in [5, 5.41) is 0. The molecule has 0 aliphatic carbocycles. The minimum absolute atomic E-state index is 0.126. The number of hydrogen-bond acceptors (Lipinski definition) is 3. The van der Waals surface area contributed by atoms with E-state index in [9.17, 15) is 8.42 Å². The lowest BCUT2D eigenvalue weighted by molar-refractivity contribution is 0.597. The fourth-order valence-corrected chi connectivity index (χ4v) is 2.65. The Bertz CT molecular complexity index is 587. The van der Waals surface area contributed by atoms with Gasteiger partial charge in [0, 0.05) is 18.0 Å². The Morgan fingerprint density at radius 3 is 2.24 bits per heavy atom. The minimum Gasteiger partial charge on any atom is -0.237 e. The predicted molar refractivity (Wildman–Crippen MR) is 66.2 cm³/mol. The zero-order valence-corrected chi connectivity index (χ0v) is 10.3. The molecule has 4 nitrogen and oxygen atoms in total. The molecule has 0 spiro atoms. The highest BCUT2D eigenvalue weighted by Gasteiger charge is 2.23. The molecule has 0 amide bonds. The smallest absolute Gasteiger partial charge is 0.237 e. The third-order valence-corrected chi connectivity index (χ3v) is 4.28. The number of sulfonamides is 1. The van der Waals surface area contributed by atoms with Crippen LogP contribution < -0.4 is 3.82 Å². The summed E-state index contributed by atoms with van der Waals surface area (Å²) in [5.74, 6) is 0.165. The number of aromatic nitrogens is 1. The molecule has 0 bridgehead atoms. The molecule has 0 N–H and O–H groups in total. The molecule has 0 saturated heterocycles. The second-order valence-corrected chi connectivity index (χ2v) is 5.55. The van der Waals surface area contributed by atoms with Gasteiger partial charge >= 0.3 is 0 Å². The normalized spacial score (nSPS) is 11.1. The van der Waals surface area contributed by atoms with Gasteiger partial charge in [-0.05, 0) is 24.3 Å². The van der Waals surface area contributed by atoms with Crippen LogP contribution in [0.1, 0.15) is 0 Å². The second kappa shape index (κ2) is 4.73. The van der Waals surface area contributed by atoms with Gasteiger partial charge in [0.05, 0.1) is 4.90 Å². The standard InChI is InChI=1S/C11H9ClN2O2S/c12-14(11-8-4-5-9-13-11)17(15,16)10-6-2-1-3-7-10/h1-9H. The summed E-state index contributed by atoms with van der Waals surface area (Å²) in [6.07, 6.45) is 1.48. The van der Waals surface area contributed by atoms with Crippen LogP contribution in [0.4, 0.5) is 5.82 Å². The molecule has 17 heavy (non-hydrogen) atoms. The minimum atomic E-state index is -3.76. The van der Waals surface area contributed by atoms with Crippen LogP contribution in [-0.2, 0) is 10.0 Å². The highest BCUT2D eigenvalue weighted by molar-refractivity contribution is 7.94. The first-order chi connectivity index (χ1) is 8.12. The third-order valence-electron chi connectivity index (χ3n) is 2.08. The van der Waals surface area contributed by atoms with Gasteiger partial charge in [-0.25, -0.2) is 4.98 Å². The van der Waals surface area contributed by atoms with Crippen molar-refractivity contribution in [1.82, 2.24) is 4.98 Å². The number of anilines is 1. The van der Waals surface area contributed by atoms with Crippen LogP contribution in [-0.4, -0.2) is 13.4 Å². The molecular weight excluding hydrogens is 260 g/mol. The molecule has 0 radical (unpaired) electrons. The van der Waals surface area contributed by atoms with E-state index in [1.165, 1.54) is 24.4 Å². The van der Waals surface area contributed by atoms with Crippen molar-refractivity contribution in [3.8, 4) is 0 Å².